The molecule has 0 radical (unpaired) electrons. The molecule has 5 rings (SSSR count). The van der Waals surface area contributed by atoms with Crippen molar-refractivity contribution < 1.29 is 0 Å². The van der Waals surface area contributed by atoms with Gasteiger partial charge in [-0.15, -0.1) is 0 Å². The Labute approximate surface area is 164 Å². The number of fused-ring (bicyclic) bond motifs is 2. The number of benzene rings is 2. The second-order valence-electron chi connectivity index (χ2n) is 7.82. The van der Waals surface area contributed by atoms with E-state index in [2.05, 4.69) is 47.7 Å². The number of piperidine rings is 1. The lowest BCUT2D eigenvalue weighted by Gasteiger charge is -2.26. The van der Waals surface area contributed by atoms with Gasteiger partial charge in [0.05, 0.1) is 27.8 Å². The summed E-state index contributed by atoms with van der Waals surface area (Å²) in [5, 5.41) is 8.50. The number of rotatable bonds is 3. The molecule has 0 aliphatic carbocycles. The standard InChI is InChI=1S/C23H25N5/c1-14-10-15(2)21-17(11-14)22(26-16-6-5-9-24-12-16)18(13-25-21)23-27-19-7-3-4-8-20(19)28-23/h3-4,7-8,10-11,13,16,24H,5-6,9,12H2,1-2H3,(H,25,26)(H,27,28). The normalized spacial score (nSPS) is 17.3. The Morgan fingerprint density at radius 1 is 1.14 bits per heavy atom. The van der Waals surface area contributed by atoms with Gasteiger partial charge in [0.25, 0.3) is 0 Å². The van der Waals surface area contributed by atoms with Crippen molar-refractivity contribution in [1.82, 2.24) is 20.3 Å². The van der Waals surface area contributed by atoms with Crippen LogP contribution in [0.25, 0.3) is 33.3 Å². The molecule has 1 saturated heterocycles. The summed E-state index contributed by atoms with van der Waals surface area (Å²) in [4.78, 5) is 13.1. The molecule has 142 valence electrons. The molecule has 5 nitrogen and oxygen atoms in total. The van der Waals surface area contributed by atoms with Crippen molar-refractivity contribution in [2.24, 2.45) is 0 Å². The van der Waals surface area contributed by atoms with Crippen LogP contribution < -0.4 is 10.6 Å². The predicted molar refractivity (Wildman–Crippen MR) is 116 cm³/mol. The molecule has 5 heteroatoms. The number of aryl methyl sites for hydroxylation is 2. The molecule has 2 aromatic carbocycles. The lowest BCUT2D eigenvalue weighted by molar-refractivity contribution is 0.480. The molecule has 0 spiro atoms. The summed E-state index contributed by atoms with van der Waals surface area (Å²) in [6, 6.07) is 13.0. The first-order valence-corrected chi connectivity index (χ1v) is 10.0. The zero-order valence-electron chi connectivity index (χ0n) is 16.3. The first-order valence-electron chi connectivity index (χ1n) is 10.0. The maximum atomic E-state index is 4.84. The predicted octanol–water partition coefficient (Wildman–Crippen LogP) is 4.56. The third-order valence-electron chi connectivity index (χ3n) is 5.60. The molecule has 1 aliphatic rings. The van der Waals surface area contributed by atoms with Crippen LogP contribution in [0.15, 0.2) is 42.6 Å². The summed E-state index contributed by atoms with van der Waals surface area (Å²) >= 11 is 0. The SMILES string of the molecule is Cc1cc(C)c2ncc(-c3nc4ccccc4[nH]3)c(NC3CCCNC3)c2c1. The van der Waals surface area contributed by atoms with Gasteiger partial charge in [0.15, 0.2) is 0 Å². The van der Waals surface area contributed by atoms with Crippen LogP contribution in [0, 0.1) is 13.8 Å². The minimum absolute atomic E-state index is 0.406. The maximum absolute atomic E-state index is 4.84. The van der Waals surface area contributed by atoms with Gasteiger partial charge in [-0.05, 0) is 57.0 Å². The average Bonchev–Trinajstić information content (AvgIpc) is 3.13. The highest BCUT2D eigenvalue weighted by molar-refractivity contribution is 6.00. The van der Waals surface area contributed by atoms with Gasteiger partial charge in [0.1, 0.15) is 5.82 Å². The fourth-order valence-corrected chi connectivity index (χ4v) is 4.26. The molecule has 0 bridgehead atoms. The molecule has 1 aliphatic heterocycles. The van der Waals surface area contributed by atoms with E-state index in [0.717, 1.165) is 46.7 Å². The van der Waals surface area contributed by atoms with Crippen LogP contribution in [0.2, 0.25) is 0 Å². The number of nitrogens with one attached hydrogen (secondary N) is 3. The summed E-state index contributed by atoms with van der Waals surface area (Å²) < 4.78 is 0. The fourth-order valence-electron chi connectivity index (χ4n) is 4.26. The van der Waals surface area contributed by atoms with Gasteiger partial charge in [-0.1, -0.05) is 23.8 Å². The van der Waals surface area contributed by atoms with Crippen molar-refractivity contribution in [3.8, 4) is 11.4 Å². The number of nitrogens with zero attached hydrogens (tertiary/aromatic N) is 2. The zero-order valence-corrected chi connectivity index (χ0v) is 16.3. The van der Waals surface area contributed by atoms with Crippen LogP contribution in [0.5, 0.6) is 0 Å². The summed E-state index contributed by atoms with van der Waals surface area (Å²) in [7, 11) is 0. The molecule has 1 unspecified atom stereocenters. The van der Waals surface area contributed by atoms with E-state index in [0.29, 0.717) is 6.04 Å². The van der Waals surface area contributed by atoms with Gasteiger partial charge in [0.2, 0.25) is 0 Å². The molecule has 1 fully saturated rings. The van der Waals surface area contributed by atoms with Crippen LogP contribution in [-0.4, -0.2) is 34.1 Å². The van der Waals surface area contributed by atoms with E-state index in [1.54, 1.807) is 0 Å². The second kappa shape index (κ2) is 6.91. The first-order chi connectivity index (χ1) is 13.7. The molecular weight excluding hydrogens is 346 g/mol. The minimum atomic E-state index is 0.406. The van der Waals surface area contributed by atoms with Crippen LogP contribution in [0.4, 0.5) is 5.69 Å². The van der Waals surface area contributed by atoms with Crippen molar-refractivity contribution in [3.05, 3.63) is 53.7 Å². The highest BCUT2D eigenvalue weighted by Gasteiger charge is 2.20. The number of hydrogen-bond acceptors (Lipinski definition) is 4. The van der Waals surface area contributed by atoms with E-state index < -0.39 is 0 Å². The van der Waals surface area contributed by atoms with Gasteiger partial charge < -0.3 is 15.6 Å². The average molecular weight is 371 g/mol. The van der Waals surface area contributed by atoms with E-state index in [1.807, 2.05) is 24.4 Å². The second-order valence-corrected chi connectivity index (χ2v) is 7.82. The Bertz CT molecular complexity index is 1120. The van der Waals surface area contributed by atoms with Crippen molar-refractivity contribution in [3.63, 3.8) is 0 Å². The number of anilines is 1. The fraction of sp³-hybridized carbons (Fsp3) is 0.304. The quantitative estimate of drug-likeness (QED) is 0.494. The number of aromatic amines is 1. The number of aromatic nitrogens is 3. The number of pyridine rings is 1. The summed E-state index contributed by atoms with van der Waals surface area (Å²) in [5.74, 6) is 0.862. The van der Waals surface area contributed by atoms with Gasteiger partial charge in [-0.2, -0.15) is 0 Å². The van der Waals surface area contributed by atoms with E-state index in [-0.39, 0.29) is 0 Å². The Hall–Kier alpha value is -2.92. The Morgan fingerprint density at radius 2 is 2.04 bits per heavy atom. The van der Waals surface area contributed by atoms with Gasteiger partial charge >= 0.3 is 0 Å². The number of hydrogen-bond donors (Lipinski definition) is 3. The molecule has 3 heterocycles. The van der Waals surface area contributed by atoms with Crippen LogP contribution in [0.1, 0.15) is 24.0 Å². The lowest BCUT2D eigenvalue weighted by Crippen LogP contribution is -2.38. The first kappa shape index (κ1) is 17.2. The smallest absolute Gasteiger partial charge is 0.142 e. The van der Waals surface area contributed by atoms with E-state index >= 15 is 0 Å². The number of para-hydroxylation sites is 2. The van der Waals surface area contributed by atoms with Crippen LogP contribution in [0.3, 0.4) is 0 Å². The molecule has 3 N–H and O–H groups in total. The molecule has 28 heavy (non-hydrogen) atoms. The van der Waals surface area contributed by atoms with Crippen molar-refractivity contribution >= 4 is 27.6 Å². The van der Waals surface area contributed by atoms with Crippen LogP contribution in [-0.2, 0) is 0 Å². The molecule has 0 saturated carbocycles. The van der Waals surface area contributed by atoms with Crippen LogP contribution >= 0.6 is 0 Å². The lowest BCUT2D eigenvalue weighted by atomic mass is 10.0. The van der Waals surface area contributed by atoms with Crippen molar-refractivity contribution in [2.45, 2.75) is 32.7 Å². The summed E-state index contributed by atoms with van der Waals surface area (Å²) in [6.07, 6.45) is 4.32. The monoisotopic (exact) mass is 371 g/mol. The van der Waals surface area contributed by atoms with Crippen molar-refractivity contribution in [2.75, 3.05) is 18.4 Å². The van der Waals surface area contributed by atoms with Gasteiger partial charge in [0, 0.05) is 24.2 Å². The topological polar surface area (TPSA) is 65.6 Å². The van der Waals surface area contributed by atoms with E-state index in [1.165, 1.54) is 29.4 Å². The zero-order chi connectivity index (χ0) is 19.1. The number of H-pyrrole nitrogens is 1. The Balaban J connectivity index is 1.71. The number of imidazole rings is 1. The highest BCUT2D eigenvalue weighted by atomic mass is 15.0. The molecule has 4 aromatic rings. The third-order valence-corrected chi connectivity index (χ3v) is 5.60. The third kappa shape index (κ3) is 3.02. The molecule has 1 atom stereocenters. The maximum Gasteiger partial charge on any atom is 0.142 e. The summed E-state index contributed by atoms with van der Waals surface area (Å²) in [6.45, 7) is 6.36. The largest absolute Gasteiger partial charge is 0.380 e. The Morgan fingerprint density at radius 3 is 2.86 bits per heavy atom. The minimum Gasteiger partial charge on any atom is -0.380 e. The van der Waals surface area contributed by atoms with E-state index in [4.69, 9.17) is 9.97 Å². The summed E-state index contributed by atoms with van der Waals surface area (Å²) in [5.41, 5.74) is 7.68. The van der Waals surface area contributed by atoms with Gasteiger partial charge in [-0.25, -0.2) is 4.98 Å². The molecule has 0 amide bonds. The molecule has 2 aromatic heterocycles. The van der Waals surface area contributed by atoms with Gasteiger partial charge in [-0.3, -0.25) is 4.98 Å². The van der Waals surface area contributed by atoms with Crippen molar-refractivity contribution in [1.29, 1.82) is 0 Å². The Kier molecular flexibility index (Phi) is 4.24. The molecular formula is C23H25N5. The van der Waals surface area contributed by atoms with E-state index in [9.17, 15) is 0 Å². The highest BCUT2D eigenvalue weighted by Crippen LogP contribution is 2.35.